The molecule has 1 atom stereocenters. The standard InChI is InChI=1S/C14H19Cl2N3/c1-10(2)7-13(19-5-3-17-4-6-19)14-11(15)8-18-9-12(14)16/h8-9,13,17H,1,3-7H2,2H3/t13-/m1/s1. The predicted molar refractivity (Wildman–Crippen MR) is 80.9 cm³/mol. The first-order chi connectivity index (χ1) is 9.09. The largest absolute Gasteiger partial charge is 0.314 e. The highest BCUT2D eigenvalue weighted by molar-refractivity contribution is 6.35. The van der Waals surface area contributed by atoms with E-state index in [1.165, 1.54) is 0 Å². The summed E-state index contributed by atoms with van der Waals surface area (Å²) >= 11 is 12.6. The van der Waals surface area contributed by atoms with E-state index in [9.17, 15) is 0 Å². The number of nitrogens with zero attached hydrogens (tertiary/aromatic N) is 2. The van der Waals surface area contributed by atoms with Crippen LogP contribution in [0.4, 0.5) is 0 Å². The second kappa shape index (κ2) is 6.71. The van der Waals surface area contributed by atoms with Gasteiger partial charge in [0.1, 0.15) is 0 Å². The number of pyridine rings is 1. The van der Waals surface area contributed by atoms with Crippen LogP contribution in [0.2, 0.25) is 10.0 Å². The molecule has 1 aromatic rings. The average Bonchev–Trinajstić information content (AvgIpc) is 2.38. The van der Waals surface area contributed by atoms with E-state index in [1.54, 1.807) is 12.4 Å². The van der Waals surface area contributed by atoms with E-state index in [0.717, 1.165) is 43.7 Å². The van der Waals surface area contributed by atoms with E-state index in [2.05, 4.69) is 21.8 Å². The number of hydrogen-bond donors (Lipinski definition) is 1. The van der Waals surface area contributed by atoms with Crippen molar-refractivity contribution in [2.75, 3.05) is 26.2 Å². The molecule has 0 spiro atoms. The van der Waals surface area contributed by atoms with Gasteiger partial charge in [-0.2, -0.15) is 0 Å². The fraction of sp³-hybridized carbons (Fsp3) is 0.500. The highest BCUT2D eigenvalue weighted by Crippen LogP contribution is 2.36. The summed E-state index contributed by atoms with van der Waals surface area (Å²) in [5.74, 6) is 0. The monoisotopic (exact) mass is 299 g/mol. The van der Waals surface area contributed by atoms with Gasteiger partial charge >= 0.3 is 0 Å². The molecule has 1 N–H and O–H groups in total. The zero-order chi connectivity index (χ0) is 13.8. The molecule has 3 nitrogen and oxygen atoms in total. The van der Waals surface area contributed by atoms with Gasteiger partial charge in [-0.1, -0.05) is 28.8 Å². The van der Waals surface area contributed by atoms with Crippen molar-refractivity contribution in [2.45, 2.75) is 19.4 Å². The molecule has 0 radical (unpaired) electrons. The minimum absolute atomic E-state index is 0.183. The topological polar surface area (TPSA) is 28.2 Å². The fourth-order valence-electron chi connectivity index (χ4n) is 2.48. The molecule has 0 aliphatic carbocycles. The summed E-state index contributed by atoms with van der Waals surface area (Å²) in [4.78, 5) is 6.45. The van der Waals surface area contributed by atoms with E-state index in [-0.39, 0.29) is 6.04 Å². The molecule has 1 aliphatic heterocycles. The van der Waals surface area contributed by atoms with E-state index in [4.69, 9.17) is 23.2 Å². The number of aromatic nitrogens is 1. The lowest BCUT2D eigenvalue weighted by Gasteiger charge is -2.36. The van der Waals surface area contributed by atoms with Crippen LogP contribution in [0.15, 0.2) is 24.5 Å². The molecule has 2 heterocycles. The molecule has 2 rings (SSSR count). The summed E-state index contributed by atoms with van der Waals surface area (Å²) in [7, 11) is 0. The Labute approximate surface area is 124 Å². The summed E-state index contributed by atoms with van der Waals surface area (Å²) in [6.45, 7) is 10.0. The summed E-state index contributed by atoms with van der Waals surface area (Å²) in [6, 6.07) is 0.183. The van der Waals surface area contributed by atoms with Gasteiger partial charge in [0, 0.05) is 50.2 Å². The highest BCUT2D eigenvalue weighted by atomic mass is 35.5. The number of halogens is 2. The minimum Gasteiger partial charge on any atom is -0.314 e. The van der Waals surface area contributed by atoms with Crippen molar-refractivity contribution in [1.29, 1.82) is 0 Å². The first-order valence-electron chi connectivity index (χ1n) is 6.47. The van der Waals surface area contributed by atoms with Crippen LogP contribution in [0.1, 0.15) is 24.9 Å². The maximum absolute atomic E-state index is 6.31. The molecular formula is C14H19Cl2N3. The van der Waals surface area contributed by atoms with Crippen molar-refractivity contribution in [2.24, 2.45) is 0 Å². The smallest absolute Gasteiger partial charge is 0.0652 e. The van der Waals surface area contributed by atoms with Crippen molar-refractivity contribution in [1.82, 2.24) is 15.2 Å². The Morgan fingerprint density at radius 2 is 1.95 bits per heavy atom. The summed E-state index contributed by atoms with van der Waals surface area (Å²) in [5.41, 5.74) is 2.11. The number of piperazine rings is 1. The van der Waals surface area contributed by atoms with Gasteiger partial charge in [0.25, 0.3) is 0 Å². The molecule has 0 bridgehead atoms. The first-order valence-corrected chi connectivity index (χ1v) is 7.23. The van der Waals surface area contributed by atoms with Gasteiger partial charge < -0.3 is 5.32 Å². The van der Waals surface area contributed by atoms with E-state index < -0.39 is 0 Å². The third-order valence-corrected chi connectivity index (χ3v) is 3.96. The lowest BCUT2D eigenvalue weighted by molar-refractivity contribution is 0.172. The van der Waals surface area contributed by atoms with Gasteiger partial charge in [0.15, 0.2) is 0 Å². The summed E-state index contributed by atoms with van der Waals surface area (Å²) in [6.07, 6.45) is 4.19. The van der Waals surface area contributed by atoms with E-state index >= 15 is 0 Å². The van der Waals surface area contributed by atoms with Crippen molar-refractivity contribution in [3.8, 4) is 0 Å². The quantitative estimate of drug-likeness (QED) is 0.865. The van der Waals surface area contributed by atoms with E-state index in [0.29, 0.717) is 10.0 Å². The minimum atomic E-state index is 0.183. The van der Waals surface area contributed by atoms with Crippen molar-refractivity contribution >= 4 is 23.2 Å². The van der Waals surface area contributed by atoms with Crippen molar-refractivity contribution < 1.29 is 0 Å². The van der Waals surface area contributed by atoms with E-state index in [1.807, 2.05) is 6.92 Å². The van der Waals surface area contributed by atoms with Gasteiger partial charge in [0.05, 0.1) is 10.0 Å². The molecule has 1 aromatic heterocycles. The molecule has 0 unspecified atom stereocenters. The third kappa shape index (κ3) is 3.69. The first kappa shape index (κ1) is 14.8. The molecule has 19 heavy (non-hydrogen) atoms. The molecule has 5 heteroatoms. The Hall–Kier alpha value is -0.610. The maximum atomic E-state index is 6.31. The van der Waals surface area contributed by atoms with Gasteiger partial charge in [-0.15, -0.1) is 6.58 Å². The lowest BCUT2D eigenvalue weighted by atomic mass is 9.98. The third-order valence-electron chi connectivity index (χ3n) is 3.36. The van der Waals surface area contributed by atoms with Crippen LogP contribution in [0.5, 0.6) is 0 Å². The van der Waals surface area contributed by atoms with Crippen LogP contribution >= 0.6 is 23.2 Å². The normalized spacial score (nSPS) is 18.3. The average molecular weight is 300 g/mol. The second-order valence-electron chi connectivity index (χ2n) is 4.98. The SMILES string of the molecule is C=C(C)C[C@H](c1c(Cl)cncc1Cl)N1CCNCC1. The number of hydrogen-bond acceptors (Lipinski definition) is 3. The van der Waals surface area contributed by atoms with Crippen LogP contribution < -0.4 is 5.32 Å². The zero-order valence-electron chi connectivity index (χ0n) is 11.1. The lowest BCUT2D eigenvalue weighted by Crippen LogP contribution is -2.45. The number of nitrogens with one attached hydrogen (secondary N) is 1. The van der Waals surface area contributed by atoms with Crippen LogP contribution in [0, 0.1) is 0 Å². The highest BCUT2D eigenvalue weighted by Gasteiger charge is 2.26. The fourth-order valence-corrected chi connectivity index (χ4v) is 3.09. The Morgan fingerprint density at radius 1 is 1.37 bits per heavy atom. The summed E-state index contributed by atoms with van der Waals surface area (Å²) in [5, 5.41) is 4.63. The Kier molecular flexibility index (Phi) is 5.22. The van der Waals surface area contributed by atoms with Gasteiger partial charge in [-0.3, -0.25) is 9.88 Å². The zero-order valence-corrected chi connectivity index (χ0v) is 12.6. The Morgan fingerprint density at radius 3 is 2.47 bits per heavy atom. The molecule has 1 saturated heterocycles. The summed E-state index contributed by atoms with van der Waals surface area (Å²) < 4.78 is 0. The molecule has 0 saturated carbocycles. The van der Waals surface area contributed by atoms with Crippen LogP contribution in [0.25, 0.3) is 0 Å². The van der Waals surface area contributed by atoms with Gasteiger partial charge in [-0.25, -0.2) is 0 Å². The molecule has 104 valence electrons. The second-order valence-corrected chi connectivity index (χ2v) is 5.79. The van der Waals surface area contributed by atoms with Crippen LogP contribution in [0.3, 0.4) is 0 Å². The molecule has 1 fully saturated rings. The van der Waals surface area contributed by atoms with Gasteiger partial charge in [0.2, 0.25) is 0 Å². The molecule has 0 amide bonds. The van der Waals surface area contributed by atoms with Crippen LogP contribution in [-0.2, 0) is 0 Å². The van der Waals surface area contributed by atoms with Gasteiger partial charge in [-0.05, 0) is 13.3 Å². The Bertz CT molecular complexity index is 436. The van der Waals surface area contributed by atoms with Crippen molar-refractivity contribution in [3.05, 3.63) is 40.2 Å². The molecule has 0 aromatic carbocycles. The molecular weight excluding hydrogens is 281 g/mol. The number of rotatable bonds is 4. The Balaban J connectivity index is 2.33. The molecule has 1 aliphatic rings. The van der Waals surface area contributed by atoms with Crippen molar-refractivity contribution in [3.63, 3.8) is 0 Å². The predicted octanol–water partition coefficient (Wildman–Crippen LogP) is 3.30. The van der Waals surface area contributed by atoms with Crippen LogP contribution in [-0.4, -0.2) is 36.1 Å². The maximum Gasteiger partial charge on any atom is 0.0652 e.